The first kappa shape index (κ1) is 25.7. The summed E-state index contributed by atoms with van der Waals surface area (Å²) in [6.07, 6.45) is 1.36. The zero-order valence-electron chi connectivity index (χ0n) is 19.1. The summed E-state index contributed by atoms with van der Waals surface area (Å²) in [4.78, 5) is 13.1. The number of halogens is 2. The Morgan fingerprint density at radius 3 is 2.14 bits per heavy atom. The number of carbonyl (C=O) groups is 1. The second-order valence-electron chi connectivity index (χ2n) is 8.01. The minimum Gasteiger partial charge on any atom is -0.488 e. The molecule has 0 aliphatic carbocycles. The number of rotatable bonds is 9. The van der Waals surface area contributed by atoms with Crippen molar-refractivity contribution < 1.29 is 17.9 Å². The number of hydrogen-bond donors (Lipinski definition) is 0. The SMILES string of the molecule is O=C(C(=Cc1ccccc1OCc1ccccc1)S(=O)(=O)Cc1ccccc1Cl)c1ccc(Cl)cc1. The van der Waals surface area contributed by atoms with Crippen molar-refractivity contribution >= 4 is 44.9 Å². The molecule has 4 aromatic carbocycles. The van der Waals surface area contributed by atoms with Gasteiger partial charge in [-0.2, -0.15) is 0 Å². The third-order valence-electron chi connectivity index (χ3n) is 5.41. The van der Waals surface area contributed by atoms with Crippen LogP contribution in [0.25, 0.3) is 6.08 Å². The molecular weight excluding hydrogens is 515 g/mol. The lowest BCUT2D eigenvalue weighted by atomic mass is 10.1. The second kappa shape index (κ2) is 11.6. The summed E-state index contributed by atoms with van der Waals surface area (Å²) in [5.74, 6) is -0.613. The fraction of sp³-hybridized carbons (Fsp3) is 0.0690. The Kier molecular flexibility index (Phi) is 8.26. The van der Waals surface area contributed by atoms with Gasteiger partial charge in [0.05, 0.1) is 5.75 Å². The fourth-order valence-electron chi connectivity index (χ4n) is 3.55. The third-order valence-corrected chi connectivity index (χ3v) is 7.70. The molecule has 4 aromatic rings. The molecule has 0 aromatic heterocycles. The van der Waals surface area contributed by atoms with E-state index < -0.39 is 21.4 Å². The van der Waals surface area contributed by atoms with E-state index in [4.69, 9.17) is 27.9 Å². The van der Waals surface area contributed by atoms with Crippen LogP contribution in [0, 0.1) is 0 Å². The molecular formula is C29H22Cl2O4S. The molecule has 0 amide bonds. The molecule has 0 aliphatic rings. The Hall–Kier alpha value is -3.38. The largest absolute Gasteiger partial charge is 0.488 e. The highest BCUT2D eigenvalue weighted by Crippen LogP contribution is 2.29. The Morgan fingerprint density at radius 1 is 0.778 bits per heavy atom. The maximum atomic E-state index is 13.6. The molecule has 0 unspecified atom stereocenters. The molecule has 0 heterocycles. The van der Waals surface area contributed by atoms with Crippen molar-refractivity contribution in [2.75, 3.05) is 0 Å². The Morgan fingerprint density at radius 2 is 1.42 bits per heavy atom. The maximum Gasteiger partial charge on any atom is 0.204 e. The number of benzene rings is 4. The van der Waals surface area contributed by atoms with Crippen LogP contribution >= 0.6 is 23.2 Å². The molecule has 4 rings (SSSR count). The molecule has 0 aliphatic heterocycles. The standard InChI is InChI=1S/C29H22Cl2O4S/c30-25-16-14-22(15-17-25)29(32)28(36(33,34)20-24-11-4-6-12-26(24)31)18-23-10-5-7-13-27(23)35-19-21-8-2-1-3-9-21/h1-18H,19-20H2. The Bertz CT molecular complexity index is 1500. The van der Waals surface area contributed by atoms with E-state index in [1.54, 1.807) is 60.7 Å². The van der Waals surface area contributed by atoms with Crippen LogP contribution in [0.2, 0.25) is 10.0 Å². The van der Waals surface area contributed by atoms with Gasteiger partial charge in [0.15, 0.2) is 9.84 Å². The van der Waals surface area contributed by atoms with Gasteiger partial charge in [0, 0.05) is 21.2 Å². The Labute approximate surface area is 220 Å². The van der Waals surface area contributed by atoms with Crippen LogP contribution in [-0.2, 0) is 22.2 Å². The van der Waals surface area contributed by atoms with E-state index in [1.807, 2.05) is 30.3 Å². The monoisotopic (exact) mass is 536 g/mol. The molecule has 0 fully saturated rings. The summed E-state index contributed by atoms with van der Waals surface area (Å²) in [5.41, 5.74) is 2.03. The van der Waals surface area contributed by atoms with Crippen molar-refractivity contribution in [3.8, 4) is 5.75 Å². The van der Waals surface area contributed by atoms with Crippen LogP contribution in [0.3, 0.4) is 0 Å². The normalized spacial score (nSPS) is 11.8. The van der Waals surface area contributed by atoms with Gasteiger partial charge in [-0.25, -0.2) is 8.42 Å². The molecule has 0 atom stereocenters. The van der Waals surface area contributed by atoms with Gasteiger partial charge >= 0.3 is 0 Å². The van der Waals surface area contributed by atoms with E-state index in [0.717, 1.165) is 5.56 Å². The average molecular weight is 537 g/mol. The van der Waals surface area contributed by atoms with Gasteiger partial charge < -0.3 is 4.74 Å². The summed E-state index contributed by atoms with van der Waals surface area (Å²) in [6.45, 7) is 0.290. The van der Waals surface area contributed by atoms with Crippen molar-refractivity contribution in [3.05, 3.63) is 140 Å². The molecule has 0 spiro atoms. The van der Waals surface area contributed by atoms with E-state index in [9.17, 15) is 13.2 Å². The summed E-state index contributed by atoms with van der Waals surface area (Å²) in [7, 11) is -4.10. The highest BCUT2D eigenvalue weighted by Gasteiger charge is 2.27. The summed E-state index contributed by atoms with van der Waals surface area (Å²) in [6, 6.07) is 29.3. The number of sulfone groups is 1. The third kappa shape index (κ3) is 6.43. The zero-order valence-corrected chi connectivity index (χ0v) is 21.4. The number of hydrogen-bond acceptors (Lipinski definition) is 4. The number of allylic oxidation sites excluding steroid dienone is 1. The first-order valence-corrected chi connectivity index (χ1v) is 13.5. The van der Waals surface area contributed by atoms with Gasteiger partial charge in [0.1, 0.15) is 17.3 Å². The fourth-order valence-corrected chi connectivity index (χ4v) is 5.48. The van der Waals surface area contributed by atoms with E-state index in [1.165, 1.54) is 18.2 Å². The smallest absolute Gasteiger partial charge is 0.204 e. The first-order chi connectivity index (χ1) is 17.3. The van der Waals surface area contributed by atoms with Gasteiger partial charge in [0.25, 0.3) is 0 Å². The lowest BCUT2D eigenvalue weighted by molar-refractivity contribution is 0.104. The molecule has 0 saturated carbocycles. The topological polar surface area (TPSA) is 60.4 Å². The van der Waals surface area contributed by atoms with Crippen molar-refractivity contribution in [3.63, 3.8) is 0 Å². The number of carbonyl (C=O) groups excluding carboxylic acids is 1. The quantitative estimate of drug-likeness (QED) is 0.165. The second-order valence-corrected chi connectivity index (χ2v) is 10.8. The van der Waals surface area contributed by atoms with Crippen LogP contribution in [0.15, 0.2) is 108 Å². The zero-order chi connectivity index (χ0) is 25.5. The molecule has 7 heteroatoms. The van der Waals surface area contributed by atoms with Crippen LogP contribution in [-0.4, -0.2) is 14.2 Å². The number of Topliss-reactive ketones (excluding diaryl/α,β-unsaturated/α-hetero) is 1. The van der Waals surface area contributed by atoms with Crippen LogP contribution in [0.5, 0.6) is 5.75 Å². The molecule has 182 valence electrons. The first-order valence-electron chi connectivity index (χ1n) is 11.1. The van der Waals surface area contributed by atoms with Crippen LogP contribution in [0.4, 0.5) is 0 Å². The van der Waals surface area contributed by atoms with E-state index in [-0.39, 0.29) is 10.5 Å². The van der Waals surface area contributed by atoms with Gasteiger partial charge in [-0.3, -0.25) is 4.79 Å². The molecule has 0 radical (unpaired) electrons. The maximum absolute atomic E-state index is 13.6. The van der Waals surface area contributed by atoms with E-state index >= 15 is 0 Å². The predicted molar refractivity (Wildman–Crippen MR) is 145 cm³/mol. The lowest BCUT2D eigenvalue weighted by Crippen LogP contribution is -2.16. The highest BCUT2D eigenvalue weighted by molar-refractivity contribution is 7.95. The molecule has 0 bridgehead atoms. The van der Waals surface area contributed by atoms with Gasteiger partial charge in [-0.1, -0.05) is 89.9 Å². The van der Waals surface area contributed by atoms with Gasteiger partial charge in [0.2, 0.25) is 5.78 Å². The molecule has 36 heavy (non-hydrogen) atoms. The average Bonchev–Trinajstić information content (AvgIpc) is 2.88. The van der Waals surface area contributed by atoms with Gasteiger partial charge in [-0.05, 0) is 53.6 Å². The van der Waals surface area contributed by atoms with Crippen molar-refractivity contribution in [2.24, 2.45) is 0 Å². The molecule has 4 nitrogen and oxygen atoms in total. The highest BCUT2D eigenvalue weighted by atomic mass is 35.5. The number of para-hydroxylation sites is 1. The van der Waals surface area contributed by atoms with E-state index in [2.05, 4.69) is 0 Å². The van der Waals surface area contributed by atoms with Gasteiger partial charge in [-0.15, -0.1) is 0 Å². The number of ether oxygens (including phenoxy) is 1. The van der Waals surface area contributed by atoms with Crippen molar-refractivity contribution in [2.45, 2.75) is 12.4 Å². The summed E-state index contributed by atoms with van der Waals surface area (Å²) >= 11 is 12.2. The molecule has 0 N–H and O–H groups in total. The number of ketones is 1. The van der Waals surface area contributed by atoms with Crippen molar-refractivity contribution in [1.82, 2.24) is 0 Å². The van der Waals surface area contributed by atoms with Crippen molar-refractivity contribution in [1.29, 1.82) is 0 Å². The lowest BCUT2D eigenvalue weighted by Gasteiger charge is -2.13. The Balaban J connectivity index is 1.76. The molecule has 0 saturated heterocycles. The van der Waals surface area contributed by atoms with Crippen LogP contribution < -0.4 is 4.74 Å². The minimum atomic E-state index is -4.10. The van der Waals surface area contributed by atoms with Crippen LogP contribution in [0.1, 0.15) is 27.0 Å². The predicted octanol–water partition coefficient (Wildman–Crippen LogP) is 7.41. The van der Waals surface area contributed by atoms with E-state index in [0.29, 0.717) is 33.5 Å². The summed E-state index contributed by atoms with van der Waals surface area (Å²) in [5, 5.41) is 0.752. The minimum absolute atomic E-state index is 0.205. The summed E-state index contributed by atoms with van der Waals surface area (Å²) < 4.78 is 33.2.